The minimum Gasteiger partial charge on any atom is -0.490 e. The van der Waals surface area contributed by atoms with Crippen LogP contribution in [-0.4, -0.2) is 54.0 Å². The summed E-state index contributed by atoms with van der Waals surface area (Å²) in [6.45, 7) is 4.42. The van der Waals surface area contributed by atoms with Crippen molar-refractivity contribution in [3.8, 4) is 5.75 Å². The molecule has 0 spiro atoms. The maximum absolute atomic E-state index is 12.7. The van der Waals surface area contributed by atoms with E-state index in [9.17, 15) is 14.7 Å². The van der Waals surface area contributed by atoms with Gasteiger partial charge in [-0.1, -0.05) is 0 Å². The molecule has 124 valence electrons. The largest absolute Gasteiger partial charge is 0.490 e. The van der Waals surface area contributed by atoms with Gasteiger partial charge in [-0.25, -0.2) is 0 Å². The summed E-state index contributed by atoms with van der Waals surface area (Å²) in [5.74, 6) is -0.363. The molecule has 0 saturated carbocycles. The van der Waals surface area contributed by atoms with Crippen molar-refractivity contribution in [2.45, 2.75) is 25.8 Å². The number of piperidine rings is 1. The first kappa shape index (κ1) is 15.8. The van der Waals surface area contributed by atoms with E-state index < -0.39 is 5.97 Å². The molecular weight excluding hydrogens is 296 g/mol. The summed E-state index contributed by atoms with van der Waals surface area (Å²) < 4.78 is 5.53. The molecule has 0 bridgehead atoms. The lowest BCUT2D eigenvalue weighted by molar-refractivity contribution is -0.143. The highest BCUT2D eigenvalue weighted by Gasteiger charge is 2.31. The normalized spacial score (nSPS) is 22.4. The third-order valence-corrected chi connectivity index (χ3v) is 4.67. The van der Waals surface area contributed by atoms with E-state index in [1.165, 1.54) is 0 Å². The lowest BCUT2D eigenvalue weighted by atomic mass is 9.95. The number of carboxylic acids is 1. The van der Waals surface area contributed by atoms with Gasteiger partial charge in [0.25, 0.3) is 0 Å². The van der Waals surface area contributed by atoms with Gasteiger partial charge in [0, 0.05) is 18.7 Å². The molecule has 6 heteroatoms. The monoisotopic (exact) mass is 318 g/mol. The Labute approximate surface area is 135 Å². The van der Waals surface area contributed by atoms with Crippen molar-refractivity contribution in [2.75, 3.05) is 31.6 Å². The van der Waals surface area contributed by atoms with Gasteiger partial charge < -0.3 is 15.2 Å². The van der Waals surface area contributed by atoms with Gasteiger partial charge in [0.2, 0.25) is 0 Å². The Balaban J connectivity index is 1.73. The number of carbonyl (C=O) groups is 2. The summed E-state index contributed by atoms with van der Waals surface area (Å²) in [7, 11) is 0. The number of carbonyl (C=O) groups excluding carboxylic acids is 1. The van der Waals surface area contributed by atoms with Crippen molar-refractivity contribution in [3.63, 3.8) is 0 Å². The fourth-order valence-corrected chi connectivity index (χ4v) is 3.26. The van der Waals surface area contributed by atoms with E-state index in [4.69, 9.17) is 4.74 Å². The van der Waals surface area contributed by atoms with E-state index in [0.717, 1.165) is 30.9 Å². The molecule has 0 aromatic heterocycles. The number of benzene rings is 1. The van der Waals surface area contributed by atoms with Crippen LogP contribution in [0.1, 0.15) is 30.1 Å². The number of carboxylic acid groups (broad SMARTS) is 1. The molecule has 1 aromatic rings. The lowest BCUT2D eigenvalue weighted by Crippen LogP contribution is -2.46. The molecule has 1 aromatic carbocycles. The smallest absolute Gasteiger partial charge is 0.307 e. The maximum Gasteiger partial charge on any atom is 0.307 e. The average Bonchev–Trinajstić information content (AvgIpc) is 2.60. The van der Waals surface area contributed by atoms with Gasteiger partial charge >= 0.3 is 5.97 Å². The molecule has 0 radical (unpaired) electrons. The number of Topliss-reactive ketones (excluding diaryl/α,β-unsaturated/α-hetero) is 1. The van der Waals surface area contributed by atoms with Crippen molar-refractivity contribution >= 4 is 17.4 Å². The average molecular weight is 318 g/mol. The van der Waals surface area contributed by atoms with E-state index in [2.05, 4.69) is 5.32 Å². The summed E-state index contributed by atoms with van der Waals surface area (Å²) in [5.41, 5.74) is 1.48. The molecule has 3 rings (SSSR count). The van der Waals surface area contributed by atoms with Crippen LogP contribution < -0.4 is 10.1 Å². The Kier molecular flexibility index (Phi) is 4.52. The number of hydrogen-bond donors (Lipinski definition) is 2. The zero-order valence-corrected chi connectivity index (χ0v) is 13.2. The quantitative estimate of drug-likeness (QED) is 0.825. The summed E-state index contributed by atoms with van der Waals surface area (Å²) in [4.78, 5) is 25.9. The Morgan fingerprint density at radius 1 is 1.43 bits per heavy atom. The number of hydrogen-bond acceptors (Lipinski definition) is 5. The zero-order valence-electron chi connectivity index (χ0n) is 13.2. The van der Waals surface area contributed by atoms with Gasteiger partial charge in [-0.2, -0.15) is 0 Å². The summed E-state index contributed by atoms with van der Waals surface area (Å²) in [6, 6.07) is 5.10. The van der Waals surface area contributed by atoms with Crippen LogP contribution in [0.4, 0.5) is 5.69 Å². The molecule has 1 saturated heterocycles. The number of anilines is 1. The molecular formula is C17H22N2O4. The Morgan fingerprint density at radius 3 is 3.04 bits per heavy atom. The van der Waals surface area contributed by atoms with Gasteiger partial charge in [0.15, 0.2) is 5.78 Å². The van der Waals surface area contributed by atoms with Crippen LogP contribution in [0.25, 0.3) is 0 Å². The van der Waals surface area contributed by atoms with Gasteiger partial charge in [-0.05, 0) is 44.5 Å². The second kappa shape index (κ2) is 6.58. The standard InChI is InChI=1S/C17H22N2O4/c1-11(19-7-2-3-13(10-19)17(21)22)16(20)12-4-5-15-14(9-12)18-6-8-23-15/h4-5,9,11,13,18H,2-3,6-8,10H2,1H3,(H,21,22). The topological polar surface area (TPSA) is 78.9 Å². The number of ether oxygens (including phenoxy) is 1. The van der Waals surface area contributed by atoms with Gasteiger partial charge in [-0.3, -0.25) is 14.5 Å². The third-order valence-electron chi connectivity index (χ3n) is 4.67. The van der Waals surface area contributed by atoms with E-state index in [1.807, 2.05) is 24.0 Å². The van der Waals surface area contributed by atoms with Crippen LogP contribution >= 0.6 is 0 Å². The highest BCUT2D eigenvalue weighted by molar-refractivity contribution is 6.01. The molecule has 23 heavy (non-hydrogen) atoms. The third kappa shape index (κ3) is 3.32. The number of nitrogens with zero attached hydrogens (tertiary/aromatic N) is 1. The van der Waals surface area contributed by atoms with Crippen molar-refractivity contribution in [1.82, 2.24) is 4.90 Å². The van der Waals surface area contributed by atoms with Crippen LogP contribution in [0, 0.1) is 5.92 Å². The molecule has 0 aliphatic carbocycles. The Hall–Kier alpha value is -2.08. The molecule has 2 unspecified atom stereocenters. The SMILES string of the molecule is CC(C(=O)c1ccc2c(c1)NCCO2)N1CCCC(C(=O)O)C1. The number of fused-ring (bicyclic) bond motifs is 1. The first-order chi connectivity index (χ1) is 11.1. The lowest BCUT2D eigenvalue weighted by Gasteiger charge is -2.34. The number of nitrogens with one attached hydrogen (secondary N) is 1. The van der Waals surface area contributed by atoms with E-state index in [-0.39, 0.29) is 17.7 Å². The molecule has 2 aliphatic rings. The fraction of sp³-hybridized carbons (Fsp3) is 0.529. The van der Waals surface area contributed by atoms with Crippen LogP contribution in [0.15, 0.2) is 18.2 Å². The van der Waals surface area contributed by atoms with E-state index in [0.29, 0.717) is 25.1 Å². The number of aliphatic carboxylic acids is 1. The molecule has 1 fully saturated rings. The molecule has 0 amide bonds. The second-order valence-corrected chi connectivity index (χ2v) is 6.20. The van der Waals surface area contributed by atoms with Crippen LogP contribution in [0.2, 0.25) is 0 Å². The number of rotatable bonds is 4. The van der Waals surface area contributed by atoms with Crippen LogP contribution in [-0.2, 0) is 4.79 Å². The van der Waals surface area contributed by atoms with Crippen molar-refractivity contribution < 1.29 is 19.4 Å². The van der Waals surface area contributed by atoms with Crippen LogP contribution in [0.3, 0.4) is 0 Å². The summed E-state index contributed by atoms with van der Waals surface area (Å²) in [6.07, 6.45) is 1.50. The molecule has 2 atom stereocenters. The van der Waals surface area contributed by atoms with Gasteiger partial charge in [-0.15, -0.1) is 0 Å². The van der Waals surface area contributed by atoms with Crippen molar-refractivity contribution in [1.29, 1.82) is 0 Å². The van der Waals surface area contributed by atoms with Crippen molar-refractivity contribution in [2.24, 2.45) is 5.92 Å². The molecule has 6 nitrogen and oxygen atoms in total. The predicted molar refractivity (Wildman–Crippen MR) is 86.2 cm³/mol. The highest BCUT2D eigenvalue weighted by Crippen LogP contribution is 2.29. The molecule has 2 aliphatic heterocycles. The first-order valence-corrected chi connectivity index (χ1v) is 8.08. The molecule has 2 N–H and O–H groups in total. The Morgan fingerprint density at radius 2 is 2.26 bits per heavy atom. The highest BCUT2D eigenvalue weighted by atomic mass is 16.5. The second-order valence-electron chi connectivity index (χ2n) is 6.20. The van der Waals surface area contributed by atoms with E-state index >= 15 is 0 Å². The number of likely N-dealkylation sites (tertiary alicyclic amines) is 1. The fourth-order valence-electron chi connectivity index (χ4n) is 3.26. The van der Waals surface area contributed by atoms with Crippen molar-refractivity contribution in [3.05, 3.63) is 23.8 Å². The summed E-state index contributed by atoms with van der Waals surface area (Å²) in [5, 5.41) is 12.4. The number of ketones is 1. The minimum absolute atomic E-state index is 0.0196. The minimum atomic E-state index is -0.774. The summed E-state index contributed by atoms with van der Waals surface area (Å²) >= 11 is 0. The molecule has 2 heterocycles. The maximum atomic E-state index is 12.7. The van der Waals surface area contributed by atoms with E-state index in [1.54, 1.807) is 6.07 Å². The van der Waals surface area contributed by atoms with Crippen LogP contribution in [0.5, 0.6) is 5.75 Å². The first-order valence-electron chi connectivity index (χ1n) is 8.08. The zero-order chi connectivity index (χ0) is 16.4. The Bertz CT molecular complexity index is 617. The van der Waals surface area contributed by atoms with Gasteiger partial charge in [0.05, 0.1) is 17.6 Å². The predicted octanol–water partition coefficient (Wildman–Crippen LogP) is 1.86. The van der Waals surface area contributed by atoms with Gasteiger partial charge in [0.1, 0.15) is 12.4 Å².